The van der Waals surface area contributed by atoms with Gasteiger partial charge in [0.1, 0.15) is 5.75 Å². The smallest absolute Gasteiger partial charge is 0.287 e. The van der Waals surface area contributed by atoms with Crippen molar-refractivity contribution in [2.75, 3.05) is 17.7 Å². The van der Waals surface area contributed by atoms with Crippen LogP contribution in [0, 0.1) is 0 Å². The highest BCUT2D eigenvalue weighted by Crippen LogP contribution is 2.19. The maximum atomic E-state index is 12.3. The predicted octanol–water partition coefficient (Wildman–Crippen LogP) is 2.95. The zero-order chi connectivity index (χ0) is 21.3. The molecule has 3 rings (SSSR count). The summed E-state index contributed by atoms with van der Waals surface area (Å²) in [6.07, 6.45) is 1.44. The van der Waals surface area contributed by atoms with Crippen molar-refractivity contribution in [2.24, 2.45) is 0 Å². The Morgan fingerprint density at radius 3 is 2.63 bits per heavy atom. The Morgan fingerprint density at radius 2 is 1.97 bits per heavy atom. The lowest BCUT2D eigenvalue weighted by atomic mass is 10.3. The Hall–Kier alpha value is -3.27. The minimum Gasteiger partial charge on any atom is -0.494 e. The number of carbonyl (C=O) groups excluding carboxylic acids is 2. The number of aromatic nitrogens is 3. The van der Waals surface area contributed by atoms with Gasteiger partial charge in [-0.3, -0.25) is 9.59 Å². The Morgan fingerprint density at radius 1 is 1.17 bits per heavy atom. The second kappa shape index (κ2) is 10.5. The third kappa shape index (κ3) is 5.63. The lowest BCUT2D eigenvalue weighted by Crippen LogP contribution is -2.24. The highest BCUT2D eigenvalue weighted by Gasteiger charge is 2.15. The molecule has 0 saturated heterocycles. The van der Waals surface area contributed by atoms with E-state index in [-0.39, 0.29) is 29.9 Å². The van der Waals surface area contributed by atoms with Crippen LogP contribution in [-0.2, 0) is 17.9 Å². The van der Waals surface area contributed by atoms with E-state index in [0.29, 0.717) is 29.8 Å². The van der Waals surface area contributed by atoms with Gasteiger partial charge < -0.3 is 24.4 Å². The number of ether oxygens (including phenoxy) is 1. The fourth-order valence-corrected chi connectivity index (χ4v) is 3.48. The number of thioether (sulfide) groups is 1. The first-order valence-electron chi connectivity index (χ1n) is 9.50. The number of rotatable bonds is 10. The van der Waals surface area contributed by atoms with Gasteiger partial charge in [0.05, 0.1) is 25.2 Å². The Labute approximate surface area is 178 Å². The minimum absolute atomic E-state index is 0.150. The summed E-state index contributed by atoms with van der Waals surface area (Å²) in [4.78, 5) is 24.3. The molecule has 0 spiro atoms. The maximum absolute atomic E-state index is 12.3. The molecule has 0 aliphatic rings. The largest absolute Gasteiger partial charge is 0.494 e. The molecule has 0 bridgehead atoms. The molecule has 158 valence electrons. The molecule has 0 aliphatic carbocycles. The number of nitrogens with zero attached hydrogens (tertiary/aromatic N) is 3. The topological polar surface area (TPSA) is 111 Å². The molecule has 0 atom stereocenters. The maximum Gasteiger partial charge on any atom is 0.287 e. The van der Waals surface area contributed by atoms with E-state index in [1.807, 2.05) is 30.5 Å². The summed E-state index contributed by atoms with van der Waals surface area (Å²) in [5, 5.41) is 14.5. The van der Waals surface area contributed by atoms with Gasteiger partial charge in [-0.15, -0.1) is 10.2 Å². The summed E-state index contributed by atoms with van der Waals surface area (Å²) >= 11 is 1.28. The Balaban J connectivity index is 1.52. The first-order chi connectivity index (χ1) is 14.6. The van der Waals surface area contributed by atoms with Crippen LogP contribution in [0.25, 0.3) is 0 Å². The van der Waals surface area contributed by atoms with Crippen LogP contribution in [-0.4, -0.2) is 38.9 Å². The van der Waals surface area contributed by atoms with Crippen LogP contribution in [0.2, 0.25) is 0 Å². The predicted molar refractivity (Wildman–Crippen MR) is 113 cm³/mol. The second-order valence-corrected chi connectivity index (χ2v) is 7.04. The first kappa shape index (κ1) is 21.4. The number of hydrogen-bond acceptors (Lipinski definition) is 7. The highest BCUT2D eigenvalue weighted by molar-refractivity contribution is 7.99. The van der Waals surface area contributed by atoms with Gasteiger partial charge in [-0.2, -0.15) is 0 Å². The van der Waals surface area contributed by atoms with Crippen LogP contribution in [0.5, 0.6) is 5.75 Å². The molecule has 2 aromatic heterocycles. The number of carbonyl (C=O) groups is 2. The molecule has 3 aromatic rings. The van der Waals surface area contributed by atoms with Crippen molar-refractivity contribution in [3.63, 3.8) is 0 Å². The fourth-order valence-electron chi connectivity index (χ4n) is 2.66. The molecule has 10 heteroatoms. The molecule has 30 heavy (non-hydrogen) atoms. The van der Waals surface area contributed by atoms with Gasteiger partial charge in [0, 0.05) is 12.2 Å². The summed E-state index contributed by atoms with van der Waals surface area (Å²) in [6, 6.07) is 10.4. The van der Waals surface area contributed by atoms with Crippen LogP contribution in [0.3, 0.4) is 0 Å². The Kier molecular flexibility index (Phi) is 7.50. The number of amides is 2. The molecule has 2 N–H and O–H groups in total. The first-order valence-corrected chi connectivity index (χ1v) is 10.5. The van der Waals surface area contributed by atoms with Crippen molar-refractivity contribution in [2.45, 2.75) is 32.1 Å². The van der Waals surface area contributed by atoms with E-state index >= 15 is 0 Å². The average Bonchev–Trinajstić information content (AvgIpc) is 3.42. The number of hydrogen-bond donors (Lipinski definition) is 2. The molecule has 0 radical (unpaired) electrons. The standard InChI is InChI=1S/C20H23N5O4S/c1-3-25-17(12-21-19(27)16-6-5-11-29-16)23-24-20(25)30-13-18(26)22-14-7-9-15(10-8-14)28-4-2/h5-11H,3-4,12-13H2,1-2H3,(H,21,27)(H,22,26). The van der Waals surface area contributed by atoms with Crippen LogP contribution < -0.4 is 15.4 Å². The normalized spacial score (nSPS) is 10.6. The molecule has 2 amide bonds. The zero-order valence-electron chi connectivity index (χ0n) is 16.8. The van der Waals surface area contributed by atoms with E-state index in [0.717, 1.165) is 5.75 Å². The molecule has 0 unspecified atom stereocenters. The SMILES string of the molecule is CCOc1ccc(NC(=O)CSc2nnc(CNC(=O)c3ccco3)n2CC)cc1. The molecule has 0 fully saturated rings. The van der Waals surface area contributed by atoms with Crippen molar-refractivity contribution in [1.82, 2.24) is 20.1 Å². The highest BCUT2D eigenvalue weighted by atomic mass is 32.2. The van der Waals surface area contributed by atoms with E-state index in [2.05, 4.69) is 20.8 Å². The van der Waals surface area contributed by atoms with Gasteiger partial charge >= 0.3 is 0 Å². The molecule has 9 nitrogen and oxygen atoms in total. The zero-order valence-corrected chi connectivity index (χ0v) is 17.6. The minimum atomic E-state index is -0.324. The summed E-state index contributed by atoms with van der Waals surface area (Å²) in [7, 11) is 0. The number of anilines is 1. The van der Waals surface area contributed by atoms with Crippen LogP contribution in [0.4, 0.5) is 5.69 Å². The molecule has 0 aliphatic heterocycles. The van der Waals surface area contributed by atoms with Gasteiger partial charge in [0.2, 0.25) is 5.91 Å². The quantitative estimate of drug-likeness (QED) is 0.477. The van der Waals surface area contributed by atoms with Gasteiger partial charge in [-0.25, -0.2) is 0 Å². The third-order valence-corrected chi connectivity index (χ3v) is 5.01. The Bertz CT molecular complexity index is 970. The lowest BCUT2D eigenvalue weighted by Gasteiger charge is -2.09. The van der Waals surface area contributed by atoms with Crippen molar-refractivity contribution in [3.8, 4) is 5.75 Å². The van der Waals surface area contributed by atoms with E-state index in [9.17, 15) is 9.59 Å². The average molecular weight is 430 g/mol. The summed E-state index contributed by atoms with van der Waals surface area (Å²) < 4.78 is 12.3. The fraction of sp³-hybridized carbons (Fsp3) is 0.300. The van der Waals surface area contributed by atoms with Crippen molar-refractivity contribution < 1.29 is 18.7 Å². The van der Waals surface area contributed by atoms with Gasteiger partial charge in [-0.05, 0) is 50.2 Å². The van der Waals surface area contributed by atoms with Crippen molar-refractivity contribution >= 4 is 29.3 Å². The number of furan rings is 1. The van der Waals surface area contributed by atoms with Crippen LogP contribution in [0.15, 0.2) is 52.2 Å². The lowest BCUT2D eigenvalue weighted by molar-refractivity contribution is -0.113. The molecule has 2 heterocycles. The van der Waals surface area contributed by atoms with Crippen molar-refractivity contribution in [1.29, 1.82) is 0 Å². The molecule has 0 saturated carbocycles. The van der Waals surface area contributed by atoms with Crippen molar-refractivity contribution in [3.05, 3.63) is 54.2 Å². The van der Waals surface area contributed by atoms with Crippen LogP contribution in [0.1, 0.15) is 30.2 Å². The van der Waals surface area contributed by atoms with E-state index in [1.54, 1.807) is 24.3 Å². The summed E-state index contributed by atoms with van der Waals surface area (Å²) in [6.45, 7) is 5.28. The molecular weight excluding hydrogens is 406 g/mol. The van der Waals surface area contributed by atoms with E-state index in [1.165, 1.54) is 18.0 Å². The monoisotopic (exact) mass is 429 g/mol. The van der Waals surface area contributed by atoms with Gasteiger partial charge in [-0.1, -0.05) is 11.8 Å². The van der Waals surface area contributed by atoms with Gasteiger partial charge in [0.15, 0.2) is 16.7 Å². The summed E-state index contributed by atoms with van der Waals surface area (Å²) in [5.74, 6) is 1.30. The number of benzene rings is 1. The summed E-state index contributed by atoms with van der Waals surface area (Å²) in [5.41, 5.74) is 0.697. The molecular formula is C20H23N5O4S. The van der Waals surface area contributed by atoms with E-state index in [4.69, 9.17) is 9.15 Å². The van der Waals surface area contributed by atoms with Gasteiger partial charge in [0.25, 0.3) is 5.91 Å². The second-order valence-electron chi connectivity index (χ2n) is 6.10. The van der Waals surface area contributed by atoms with Crippen LogP contribution >= 0.6 is 11.8 Å². The van der Waals surface area contributed by atoms with E-state index < -0.39 is 0 Å². The molecule has 1 aromatic carbocycles. The number of nitrogens with one attached hydrogen (secondary N) is 2. The third-order valence-electron chi connectivity index (χ3n) is 4.04.